The highest BCUT2D eigenvalue weighted by atomic mass is 32.2. The molecule has 3 aromatic rings. The predicted octanol–water partition coefficient (Wildman–Crippen LogP) is 4.11. The third kappa shape index (κ3) is 3.31. The van der Waals surface area contributed by atoms with Gasteiger partial charge in [0.15, 0.2) is 10.2 Å². The number of thiocarbonyl (C=S) groups is 1. The molecule has 0 bridgehead atoms. The van der Waals surface area contributed by atoms with Crippen molar-refractivity contribution in [2.45, 2.75) is 11.3 Å². The Balaban J connectivity index is 1.29. The highest BCUT2D eigenvalue weighted by molar-refractivity contribution is 8.26. The second-order valence-electron chi connectivity index (χ2n) is 7.79. The van der Waals surface area contributed by atoms with E-state index in [1.54, 1.807) is 18.2 Å². The van der Waals surface area contributed by atoms with Crippen LogP contribution in [0.25, 0.3) is 17.2 Å². The first-order valence-electron chi connectivity index (χ1n) is 10.1. The third-order valence-corrected chi connectivity index (χ3v) is 8.40. The number of hydrazine groups is 1. The van der Waals surface area contributed by atoms with Gasteiger partial charge in [0.2, 0.25) is 0 Å². The number of amides is 1. The van der Waals surface area contributed by atoms with Crippen LogP contribution in [0.2, 0.25) is 0 Å². The molecule has 0 spiro atoms. The largest absolute Gasteiger partial charge is 0.285 e. The molecule has 2 aliphatic heterocycles. The van der Waals surface area contributed by atoms with E-state index in [9.17, 15) is 13.2 Å². The van der Waals surface area contributed by atoms with E-state index in [1.807, 2.05) is 24.3 Å². The zero-order chi connectivity index (χ0) is 22.7. The number of sulfonamides is 1. The SMILES string of the molecule is O=C1/C(=C/c2ccc3c(c2)-c2ccccc2C3)SC(=S)N1NC1=NS(=O)(=O)c2ccccc21. The Morgan fingerprint density at radius 1 is 0.970 bits per heavy atom. The molecule has 6 nitrogen and oxygen atoms in total. The number of amidine groups is 1. The fraction of sp³-hybridized carbons (Fsp3) is 0.0417. The van der Waals surface area contributed by atoms with Crippen LogP contribution in [0, 0.1) is 0 Å². The maximum Gasteiger partial charge on any atom is 0.285 e. The molecule has 0 atom stereocenters. The molecule has 3 aromatic carbocycles. The second kappa shape index (κ2) is 7.38. The second-order valence-corrected chi connectivity index (χ2v) is 11.0. The number of hydrogen-bond acceptors (Lipinski definition) is 6. The molecule has 33 heavy (non-hydrogen) atoms. The minimum absolute atomic E-state index is 0.0808. The minimum Gasteiger partial charge on any atom is -0.272 e. The van der Waals surface area contributed by atoms with Crippen LogP contribution in [-0.2, 0) is 21.2 Å². The van der Waals surface area contributed by atoms with Crippen LogP contribution in [0.4, 0.5) is 0 Å². The van der Waals surface area contributed by atoms with Crippen molar-refractivity contribution in [3.8, 4) is 11.1 Å². The smallest absolute Gasteiger partial charge is 0.272 e. The number of fused-ring (bicyclic) bond motifs is 4. The Hall–Kier alpha value is -3.27. The van der Waals surface area contributed by atoms with Gasteiger partial charge in [-0.05, 0) is 70.7 Å². The van der Waals surface area contributed by atoms with Crippen molar-refractivity contribution in [2.24, 2.45) is 4.40 Å². The molecule has 1 fully saturated rings. The monoisotopic (exact) mass is 489 g/mol. The van der Waals surface area contributed by atoms with Gasteiger partial charge < -0.3 is 0 Å². The van der Waals surface area contributed by atoms with Crippen molar-refractivity contribution in [1.29, 1.82) is 0 Å². The molecule has 1 amide bonds. The molecule has 162 valence electrons. The normalized spacial score (nSPS) is 18.8. The molecule has 3 aliphatic rings. The molecular weight excluding hydrogens is 474 g/mol. The third-order valence-electron chi connectivity index (χ3n) is 5.76. The first-order chi connectivity index (χ1) is 15.9. The van der Waals surface area contributed by atoms with Crippen LogP contribution < -0.4 is 5.43 Å². The molecule has 1 N–H and O–H groups in total. The topological polar surface area (TPSA) is 78.8 Å². The van der Waals surface area contributed by atoms with E-state index in [0.717, 1.165) is 23.7 Å². The Labute approximate surface area is 200 Å². The Morgan fingerprint density at radius 2 is 1.70 bits per heavy atom. The van der Waals surface area contributed by atoms with Crippen LogP contribution in [0.3, 0.4) is 0 Å². The molecule has 1 saturated heterocycles. The van der Waals surface area contributed by atoms with Crippen LogP contribution in [-0.4, -0.2) is 29.5 Å². The first-order valence-corrected chi connectivity index (χ1v) is 12.8. The van der Waals surface area contributed by atoms with Gasteiger partial charge in [-0.25, -0.2) is 0 Å². The quantitative estimate of drug-likeness (QED) is 0.337. The average molecular weight is 490 g/mol. The van der Waals surface area contributed by atoms with Crippen molar-refractivity contribution in [2.75, 3.05) is 0 Å². The number of hydrogen-bond donors (Lipinski definition) is 1. The van der Waals surface area contributed by atoms with E-state index in [4.69, 9.17) is 12.2 Å². The van der Waals surface area contributed by atoms with Crippen molar-refractivity contribution in [3.05, 3.63) is 93.9 Å². The summed E-state index contributed by atoms with van der Waals surface area (Å²) in [7, 11) is -3.80. The lowest BCUT2D eigenvalue weighted by atomic mass is 10.0. The van der Waals surface area contributed by atoms with Crippen LogP contribution in [0.5, 0.6) is 0 Å². The molecule has 2 heterocycles. The highest BCUT2D eigenvalue weighted by Crippen LogP contribution is 2.38. The van der Waals surface area contributed by atoms with Crippen molar-refractivity contribution in [3.63, 3.8) is 0 Å². The molecule has 1 aliphatic carbocycles. The Bertz CT molecular complexity index is 1560. The summed E-state index contributed by atoms with van der Waals surface area (Å²) < 4.78 is 28.7. The van der Waals surface area contributed by atoms with E-state index in [0.29, 0.717) is 10.5 Å². The van der Waals surface area contributed by atoms with E-state index in [1.165, 1.54) is 33.3 Å². The van der Waals surface area contributed by atoms with Crippen molar-refractivity contribution >= 4 is 56.1 Å². The van der Waals surface area contributed by atoms with Crippen LogP contribution >= 0.6 is 24.0 Å². The van der Waals surface area contributed by atoms with Gasteiger partial charge in [0.25, 0.3) is 15.9 Å². The van der Waals surface area contributed by atoms with Gasteiger partial charge in [-0.15, -0.1) is 4.40 Å². The summed E-state index contributed by atoms with van der Waals surface area (Å²) >= 11 is 6.56. The van der Waals surface area contributed by atoms with E-state index in [2.05, 4.69) is 34.1 Å². The molecule has 0 aromatic heterocycles. The summed E-state index contributed by atoms with van der Waals surface area (Å²) in [4.78, 5) is 13.7. The van der Waals surface area contributed by atoms with E-state index < -0.39 is 10.0 Å². The van der Waals surface area contributed by atoms with Crippen LogP contribution in [0.15, 0.2) is 80.9 Å². The zero-order valence-corrected chi connectivity index (χ0v) is 19.4. The molecule has 0 radical (unpaired) electrons. The molecule has 0 saturated carbocycles. The minimum atomic E-state index is -3.80. The molecular formula is C24H15N3O3S3. The zero-order valence-electron chi connectivity index (χ0n) is 17.0. The van der Waals surface area contributed by atoms with Gasteiger partial charge in [-0.2, -0.15) is 13.4 Å². The summed E-state index contributed by atoms with van der Waals surface area (Å²) in [6.07, 6.45) is 2.72. The maximum absolute atomic E-state index is 13.1. The summed E-state index contributed by atoms with van der Waals surface area (Å²) in [6.45, 7) is 0. The predicted molar refractivity (Wildman–Crippen MR) is 133 cm³/mol. The lowest BCUT2D eigenvalue weighted by molar-refractivity contribution is -0.123. The van der Waals surface area contributed by atoms with Gasteiger partial charge in [0, 0.05) is 5.56 Å². The number of thioether (sulfide) groups is 1. The van der Waals surface area contributed by atoms with Crippen molar-refractivity contribution in [1.82, 2.24) is 10.4 Å². The first kappa shape index (κ1) is 20.3. The molecule has 6 rings (SSSR count). The van der Waals surface area contributed by atoms with E-state index >= 15 is 0 Å². The summed E-state index contributed by atoms with van der Waals surface area (Å²) in [6, 6.07) is 21.0. The fourth-order valence-electron chi connectivity index (χ4n) is 4.24. The van der Waals surface area contributed by atoms with Gasteiger partial charge in [0.1, 0.15) is 4.90 Å². The number of benzene rings is 3. The van der Waals surface area contributed by atoms with Crippen LogP contribution in [0.1, 0.15) is 22.3 Å². The standard InChI is InChI=1S/C24H15N3O3S3/c28-23-20(12-14-9-10-16-13-15-5-1-2-6-17(15)19(16)11-14)32-24(31)27(23)25-22-18-7-3-4-8-21(18)33(29,30)26-22/h1-12H,13H2,(H,25,26)/b20-12-. The van der Waals surface area contributed by atoms with E-state index in [-0.39, 0.29) is 21.0 Å². The Kier molecular flexibility index (Phi) is 4.55. The lowest BCUT2D eigenvalue weighted by Gasteiger charge is -2.16. The summed E-state index contributed by atoms with van der Waals surface area (Å²) in [5.74, 6) is -0.271. The fourth-order valence-corrected chi connectivity index (χ4v) is 6.59. The number of nitrogens with one attached hydrogen (secondary N) is 1. The highest BCUT2D eigenvalue weighted by Gasteiger charge is 2.36. The van der Waals surface area contributed by atoms with Crippen molar-refractivity contribution < 1.29 is 13.2 Å². The van der Waals surface area contributed by atoms with Gasteiger partial charge in [-0.3, -0.25) is 10.2 Å². The summed E-state index contributed by atoms with van der Waals surface area (Å²) in [5.41, 5.74) is 9.08. The average Bonchev–Trinajstić information content (AvgIpc) is 3.39. The number of nitrogens with zero attached hydrogens (tertiary/aromatic N) is 2. The van der Waals surface area contributed by atoms with Gasteiger partial charge in [-0.1, -0.05) is 60.3 Å². The lowest BCUT2D eigenvalue weighted by Crippen LogP contribution is -2.44. The van der Waals surface area contributed by atoms with Gasteiger partial charge >= 0.3 is 0 Å². The number of carbonyl (C=O) groups is 1. The number of rotatable bonds is 2. The summed E-state index contributed by atoms with van der Waals surface area (Å²) in [5, 5.41) is 1.17. The Morgan fingerprint density at radius 3 is 2.55 bits per heavy atom. The number of carbonyl (C=O) groups excluding carboxylic acids is 1. The molecule has 9 heteroatoms. The van der Waals surface area contributed by atoms with Gasteiger partial charge in [0.05, 0.1) is 4.91 Å². The maximum atomic E-state index is 13.1. The molecule has 0 unspecified atom stereocenters.